The van der Waals surface area contributed by atoms with Gasteiger partial charge in [0.25, 0.3) is 0 Å². The molecule has 3 aliphatic carbocycles. The Kier molecular flexibility index (Phi) is 3.50. The molecule has 0 unspecified atom stereocenters. The van der Waals surface area contributed by atoms with Gasteiger partial charge >= 0.3 is 0 Å². The molecule has 1 heterocycles. The quantitative estimate of drug-likeness (QED) is 0.683. The number of aliphatic hydroxyl groups is 1. The molecule has 1 fully saturated rings. The predicted molar refractivity (Wildman–Crippen MR) is 96.6 cm³/mol. The Labute approximate surface area is 152 Å². The van der Waals surface area contributed by atoms with E-state index in [0.717, 1.165) is 0 Å². The van der Waals surface area contributed by atoms with Crippen LogP contribution in [-0.4, -0.2) is 35.0 Å². The SMILES string of the molecule is O=C1[C@@H]2C3c4ccccc4C(c4ccccc43)[C@@H]2C(=O)N1CCCCO. The first kappa shape index (κ1) is 15.8. The number of likely N-dealkylation sites (tertiary alicyclic amines) is 1. The summed E-state index contributed by atoms with van der Waals surface area (Å²) in [5.74, 6) is -0.694. The summed E-state index contributed by atoms with van der Waals surface area (Å²) in [7, 11) is 0. The summed E-state index contributed by atoms with van der Waals surface area (Å²) in [6, 6.07) is 16.6. The van der Waals surface area contributed by atoms with Crippen LogP contribution in [0.3, 0.4) is 0 Å². The summed E-state index contributed by atoms with van der Waals surface area (Å²) >= 11 is 0. The van der Waals surface area contributed by atoms with Gasteiger partial charge in [-0.25, -0.2) is 0 Å². The van der Waals surface area contributed by atoms with Gasteiger partial charge in [0.15, 0.2) is 0 Å². The van der Waals surface area contributed by atoms with Crippen molar-refractivity contribution in [3.63, 3.8) is 0 Å². The second-order valence-electron chi connectivity index (χ2n) is 7.52. The third kappa shape index (κ3) is 1.93. The van der Waals surface area contributed by atoms with Crippen molar-refractivity contribution < 1.29 is 14.7 Å². The molecule has 2 atom stereocenters. The van der Waals surface area contributed by atoms with Crippen molar-refractivity contribution in [2.45, 2.75) is 24.7 Å². The van der Waals surface area contributed by atoms with Crippen molar-refractivity contribution in [1.29, 1.82) is 0 Å². The molecule has 1 N–H and O–H groups in total. The maximum Gasteiger partial charge on any atom is 0.234 e. The van der Waals surface area contributed by atoms with E-state index in [4.69, 9.17) is 5.11 Å². The van der Waals surface area contributed by atoms with E-state index >= 15 is 0 Å². The fourth-order valence-corrected chi connectivity index (χ4v) is 5.34. The lowest BCUT2D eigenvalue weighted by Gasteiger charge is -2.45. The van der Waals surface area contributed by atoms with E-state index in [-0.39, 0.29) is 42.1 Å². The number of carbonyl (C=O) groups excluding carboxylic acids is 2. The molecule has 4 nitrogen and oxygen atoms in total. The van der Waals surface area contributed by atoms with Crippen LogP contribution in [0, 0.1) is 11.8 Å². The first-order valence-corrected chi connectivity index (χ1v) is 9.37. The number of rotatable bonds is 4. The highest BCUT2D eigenvalue weighted by Crippen LogP contribution is 2.60. The van der Waals surface area contributed by atoms with E-state index in [0.29, 0.717) is 19.4 Å². The first-order valence-electron chi connectivity index (χ1n) is 9.37. The second kappa shape index (κ2) is 5.78. The van der Waals surface area contributed by atoms with Crippen LogP contribution in [0.4, 0.5) is 0 Å². The Hall–Kier alpha value is -2.46. The molecule has 6 rings (SSSR count). The fourth-order valence-electron chi connectivity index (χ4n) is 5.34. The van der Waals surface area contributed by atoms with Crippen LogP contribution in [0.2, 0.25) is 0 Å². The van der Waals surface area contributed by atoms with Gasteiger partial charge in [0, 0.05) is 25.0 Å². The lowest BCUT2D eigenvalue weighted by molar-refractivity contribution is -0.140. The lowest BCUT2D eigenvalue weighted by atomic mass is 9.55. The number of carbonyl (C=O) groups is 2. The molecule has 1 saturated heterocycles. The molecule has 2 amide bonds. The molecule has 0 spiro atoms. The molecule has 4 aliphatic rings. The summed E-state index contributed by atoms with van der Waals surface area (Å²) in [5, 5.41) is 9.02. The Morgan fingerprint density at radius 3 is 1.54 bits per heavy atom. The second-order valence-corrected chi connectivity index (χ2v) is 7.52. The number of amides is 2. The highest BCUT2D eigenvalue weighted by Gasteiger charge is 2.61. The Morgan fingerprint density at radius 2 is 1.15 bits per heavy atom. The zero-order chi connectivity index (χ0) is 17.8. The number of hydrogen-bond donors (Lipinski definition) is 1. The minimum atomic E-state index is -0.286. The van der Waals surface area contributed by atoms with Crippen LogP contribution in [0.5, 0.6) is 0 Å². The van der Waals surface area contributed by atoms with Gasteiger partial charge < -0.3 is 5.11 Å². The predicted octanol–water partition coefficient (Wildman–Crippen LogP) is 2.65. The van der Waals surface area contributed by atoms with E-state index in [2.05, 4.69) is 24.3 Å². The zero-order valence-corrected chi connectivity index (χ0v) is 14.5. The standard InChI is InChI=1S/C22H21NO3/c24-12-6-5-11-23-21(25)19-17-13-7-1-2-8-14(13)18(20(19)22(23)26)16-10-4-3-9-15(16)17/h1-4,7-10,17-20,24H,5-6,11-12H2/t17?,18?,19-,20+. The summed E-state index contributed by atoms with van der Waals surface area (Å²) in [4.78, 5) is 27.9. The topological polar surface area (TPSA) is 57.6 Å². The molecule has 2 bridgehead atoms. The number of nitrogens with zero attached hydrogens (tertiary/aromatic N) is 1. The van der Waals surface area contributed by atoms with E-state index in [9.17, 15) is 9.59 Å². The molecular weight excluding hydrogens is 326 g/mol. The van der Waals surface area contributed by atoms with E-state index in [1.165, 1.54) is 27.2 Å². The van der Waals surface area contributed by atoms with Crippen LogP contribution < -0.4 is 0 Å². The van der Waals surface area contributed by atoms with Gasteiger partial charge in [-0.2, -0.15) is 0 Å². The highest BCUT2D eigenvalue weighted by molar-refractivity contribution is 6.07. The molecule has 2 aromatic rings. The van der Waals surface area contributed by atoms with Gasteiger partial charge in [0.1, 0.15) is 0 Å². The average molecular weight is 347 g/mol. The first-order chi connectivity index (χ1) is 12.7. The van der Waals surface area contributed by atoms with Gasteiger partial charge in [0.2, 0.25) is 11.8 Å². The van der Waals surface area contributed by atoms with Crippen LogP contribution in [0.25, 0.3) is 0 Å². The molecule has 4 heteroatoms. The van der Waals surface area contributed by atoms with Gasteiger partial charge in [0.05, 0.1) is 11.8 Å². The monoisotopic (exact) mass is 347 g/mol. The molecule has 0 saturated carbocycles. The van der Waals surface area contributed by atoms with Crippen LogP contribution in [-0.2, 0) is 9.59 Å². The maximum atomic E-state index is 13.2. The van der Waals surface area contributed by atoms with E-state index in [1.54, 1.807) is 0 Å². The summed E-state index contributed by atoms with van der Waals surface area (Å²) in [6.07, 6.45) is 1.27. The number of benzene rings is 2. The van der Waals surface area contributed by atoms with Crippen molar-refractivity contribution in [3.8, 4) is 0 Å². The average Bonchev–Trinajstić information content (AvgIpc) is 2.93. The lowest BCUT2D eigenvalue weighted by Crippen LogP contribution is -2.41. The van der Waals surface area contributed by atoms with Gasteiger partial charge in [-0.1, -0.05) is 48.5 Å². The minimum absolute atomic E-state index is 0.0306. The molecule has 0 aromatic heterocycles. The normalized spacial score (nSPS) is 28.1. The van der Waals surface area contributed by atoms with E-state index in [1.807, 2.05) is 24.3 Å². The largest absolute Gasteiger partial charge is 0.396 e. The van der Waals surface area contributed by atoms with Crippen molar-refractivity contribution >= 4 is 11.8 Å². The third-order valence-corrected chi connectivity index (χ3v) is 6.33. The Bertz CT molecular complexity index is 790. The Balaban J connectivity index is 1.64. The summed E-state index contributed by atoms with van der Waals surface area (Å²) in [5.41, 5.74) is 4.82. The maximum absolute atomic E-state index is 13.2. The van der Waals surface area contributed by atoms with Crippen molar-refractivity contribution in [3.05, 3.63) is 70.8 Å². The molecule has 1 aliphatic heterocycles. The number of imide groups is 1. The van der Waals surface area contributed by atoms with Gasteiger partial charge in [-0.15, -0.1) is 0 Å². The van der Waals surface area contributed by atoms with Crippen molar-refractivity contribution in [2.24, 2.45) is 11.8 Å². The van der Waals surface area contributed by atoms with Crippen LogP contribution >= 0.6 is 0 Å². The Morgan fingerprint density at radius 1 is 0.731 bits per heavy atom. The van der Waals surface area contributed by atoms with Crippen LogP contribution in [0.15, 0.2) is 48.5 Å². The molecule has 2 aromatic carbocycles. The molecule has 26 heavy (non-hydrogen) atoms. The fraction of sp³-hybridized carbons (Fsp3) is 0.364. The van der Waals surface area contributed by atoms with Gasteiger partial charge in [-0.3, -0.25) is 14.5 Å². The van der Waals surface area contributed by atoms with Crippen molar-refractivity contribution in [1.82, 2.24) is 4.90 Å². The third-order valence-electron chi connectivity index (χ3n) is 6.33. The summed E-state index contributed by atoms with van der Waals surface area (Å²) in [6.45, 7) is 0.503. The molecule has 132 valence electrons. The zero-order valence-electron chi connectivity index (χ0n) is 14.5. The number of hydrogen-bond acceptors (Lipinski definition) is 3. The molecule has 0 radical (unpaired) electrons. The minimum Gasteiger partial charge on any atom is -0.396 e. The van der Waals surface area contributed by atoms with Gasteiger partial charge in [-0.05, 0) is 35.1 Å². The van der Waals surface area contributed by atoms with Crippen LogP contribution in [0.1, 0.15) is 46.9 Å². The number of aliphatic hydroxyl groups excluding tert-OH is 1. The van der Waals surface area contributed by atoms with E-state index < -0.39 is 0 Å². The number of unbranched alkanes of at least 4 members (excludes halogenated alkanes) is 1. The van der Waals surface area contributed by atoms with Crippen molar-refractivity contribution in [2.75, 3.05) is 13.2 Å². The smallest absolute Gasteiger partial charge is 0.234 e. The summed E-state index contributed by atoms with van der Waals surface area (Å²) < 4.78 is 0. The highest BCUT2D eigenvalue weighted by atomic mass is 16.3. The molecular formula is C22H21NO3.